The van der Waals surface area contributed by atoms with Gasteiger partial charge in [0.2, 0.25) is 5.39 Å². The van der Waals surface area contributed by atoms with E-state index in [0.29, 0.717) is 22.3 Å². The van der Waals surface area contributed by atoms with Crippen molar-refractivity contribution in [2.24, 2.45) is 0 Å². The largest absolute Gasteiger partial charge is 0.405 e. The number of nitrogens with zero attached hydrogens (tertiary/aromatic N) is 2. The number of anilines is 1. The Balaban J connectivity index is 2.16. The van der Waals surface area contributed by atoms with Crippen molar-refractivity contribution in [3.63, 3.8) is 0 Å². The standard InChI is InChI=1S/C13H10Cl2N3/c14-10-7-13(18-16)11(15)6-12(10)17-8-9-4-2-1-3-5-9/h1-7,17H,8H2/q+1. The molecule has 5 heteroatoms. The van der Waals surface area contributed by atoms with Crippen LogP contribution in [0.3, 0.4) is 0 Å². The molecule has 0 amide bonds. The molecule has 2 aromatic rings. The molecule has 0 spiro atoms. The third kappa shape index (κ3) is 2.92. The van der Waals surface area contributed by atoms with Gasteiger partial charge in [-0.2, -0.15) is 0 Å². The van der Waals surface area contributed by atoms with Gasteiger partial charge in [0.1, 0.15) is 5.02 Å². The van der Waals surface area contributed by atoms with Gasteiger partial charge in [-0.15, -0.1) is 0 Å². The summed E-state index contributed by atoms with van der Waals surface area (Å²) in [5, 5.41) is 12.7. The van der Waals surface area contributed by atoms with E-state index in [1.54, 1.807) is 6.07 Å². The summed E-state index contributed by atoms with van der Waals surface area (Å²) in [6.07, 6.45) is 0. The van der Waals surface area contributed by atoms with Crippen molar-refractivity contribution in [1.29, 1.82) is 5.39 Å². The van der Waals surface area contributed by atoms with Crippen LogP contribution >= 0.6 is 23.2 Å². The molecule has 2 rings (SSSR count). The lowest BCUT2D eigenvalue weighted by Gasteiger charge is -2.07. The molecular formula is C13H10Cl2N3+. The smallest absolute Gasteiger partial charge is 0.380 e. The summed E-state index contributed by atoms with van der Waals surface area (Å²) in [7, 11) is 0. The highest BCUT2D eigenvalue weighted by molar-refractivity contribution is 6.37. The molecule has 0 fully saturated rings. The Morgan fingerprint density at radius 3 is 2.44 bits per heavy atom. The van der Waals surface area contributed by atoms with Crippen LogP contribution in [0.4, 0.5) is 11.4 Å². The van der Waals surface area contributed by atoms with Gasteiger partial charge >= 0.3 is 5.69 Å². The van der Waals surface area contributed by atoms with E-state index in [4.69, 9.17) is 28.6 Å². The highest BCUT2D eigenvalue weighted by atomic mass is 35.5. The van der Waals surface area contributed by atoms with Gasteiger partial charge in [0, 0.05) is 6.54 Å². The fraction of sp³-hybridized carbons (Fsp3) is 0.0769. The lowest BCUT2D eigenvalue weighted by molar-refractivity contribution is 1.15. The molecule has 3 nitrogen and oxygen atoms in total. The molecule has 0 atom stereocenters. The minimum Gasteiger partial charge on any atom is -0.380 e. The van der Waals surface area contributed by atoms with Gasteiger partial charge in [-0.1, -0.05) is 53.5 Å². The minimum absolute atomic E-state index is 0.256. The van der Waals surface area contributed by atoms with Gasteiger partial charge < -0.3 is 5.32 Å². The second-order valence-electron chi connectivity index (χ2n) is 3.72. The van der Waals surface area contributed by atoms with Crippen LogP contribution in [0, 0.1) is 5.39 Å². The number of nitrogens with one attached hydrogen (secondary N) is 1. The molecule has 0 radical (unpaired) electrons. The molecule has 0 saturated heterocycles. The predicted molar refractivity (Wildman–Crippen MR) is 75.0 cm³/mol. The van der Waals surface area contributed by atoms with E-state index in [9.17, 15) is 0 Å². The highest BCUT2D eigenvalue weighted by Gasteiger charge is 2.15. The quantitative estimate of drug-likeness (QED) is 0.795. The van der Waals surface area contributed by atoms with Gasteiger partial charge in [0.25, 0.3) is 0 Å². The first-order valence-corrected chi connectivity index (χ1v) is 6.08. The molecule has 0 aliphatic rings. The van der Waals surface area contributed by atoms with E-state index < -0.39 is 0 Å². The van der Waals surface area contributed by atoms with Crippen molar-refractivity contribution in [3.8, 4) is 0 Å². The van der Waals surface area contributed by atoms with E-state index in [1.807, 2.05) is 30.3 Å². The normalized spacial score (nSPS) is 9.83. The molecule has 0 unspecified atom stereocenters. The topological polar surface area (TPSA) is 40.2 Å². The SMILES string of the molecule is N#[N+]c1cc(Cl)c(NCc2ccccc2)cc1Cl. The van der Waals surface area contributed by atoms with Crippen molar-refractivity contribution in [3.05, 3.63) is 63.0 Å². The number of halogens is 2. The number of hydrogen-bond acceptors (Lipinski definition) is 2. The summed E-state index contributed by atoms with van der Waals surface area (Å²) < 4.78 is 0. The average molecular weight is 279 g/mol. The molecule has 1 N–H and O–H groups in total. The second kappa shape index (κ2) is 5.72. The fourth-order valence-electron chi connectivity index (χ4n) is 1.54. The van der Waals surface area contributed by atoms with E-state index in [1.165, 1.54) is 6.07 Å². The Labute approximate surface area is 115 Å². The average Bonchev–Trinajstić information content (AvgIpc) is 2.40. The van der Waals surface area contributed by atoms with Crippen LogP contribution < -0.4 is 5.32 Å². The molecule has 0 aliphatic carbocycles. The molecule has 90 valence electrons. The van der Waals surface area contributed by atoms with Crippen LogP contribution in [0.2, 0.25) is 10.0 Å². The van der Waals surface area contributed by atoms with E-state index >= 15 is 0 Å². The Hall–Kier alpha value is -1.76. The lowest BCUT2D eigenvalue weighted by Crippen LogP contribution is -1.99. The van der Waals surface area contributed by atoms with E-state index in [0.717, 1.165) is 5.56 Å². The van der Waals surface area contributed by atoms with E-state index in [-0.39, 0.29) is 5.69 Å². The summed E-state index contributed by atoms with van der Waals surface area (Å²) in [5.41, 5.74) is 2.10. The molecule has 18 heavy (non-hydrogen) atoms. The zero-order chi connectivity index (χ0) is 13.0. The van der Waals surface area contributed by atoms with Gasteiger partial charge in [-0.25, -0.2) is 0 Å². The first-order chi connectivity index (χ1) is 8.70. The Bertz CT molecular complexity index is 591. The summed E-state index contributed by atoms with van der Waals surface area (Å²) in [6.45, 7) is 0.645. The minimum atomic E-state index is 0.256. The van der Waals surface area contributed by atoms with Gasteiger partial charge in [-0.05, 0) is 11.6 Å². The second-order valence-corrected chi connectivity index (χ2v) is 4.54. The maximum absolute atomic E-state index is 8.70. The van der Waals surface area contributed by atoms with Crippen LogP contribution in [0.15, 0.2) is 42.5 Å². The zero-order valence-electron chi connectivity index (χ0n) is 9.40. The number of rotatable bonds is 3. The van der Waals surface area contributed by atoms with Crippen molar-refractivity contribution in [1.82, 2.24) is 0 Å². The Morgan fingerprint density at radius 1 is 1.06 bits per heavy atom. The highest BCUT2D eigenvalue weighted by Crippen LogP contribution is 2.34. The van der Waals surface area contributed by atoms with Crippen molar-refractivity contribution >= 4 is 34.6 Å². The summed E-state index contributed by atoms with van der Waals surface area (Å²) in [4.78, 5) is 3.05. The molecule has 0 aromatic heterocycles. The first-order valence-electron chi connectivity index (χ1n) is 5.32. The fourth-order valence-corrected chi connectivity index (χ4v) is 1.97. The number of diazo groups is 1. The van der Waals surface area contributed by atoms with Crippen molar-refractivity contribution in [2.45, 2.75) is 6.54 Å². The van der Waals surface area contributed by atoms with Gasteiger partial charge in [-0.3, -0.25) is 0 Å². The summed E-state index contributed by atoms with van der Waals surface area (Å²) in [5.74, 6) is 0. The van der Waals surface area contributed by atoms with Crippen molar-refractivity contribution in [2.75, 3.05) is 5.32 Å². The van der Waals surface area contributed by atoms with Gasteiger partial charge in [0.05, 0.1) is 16.8 Å². The van der Waals surface area contributed by atoms with E-state index in [2.05, 4.69) is 10.3 Å². The van der Waals surface area contributed by atoms with Crippen LogP contribution in [0.25, 0.3) is 4.98 Å². The molecule has 0 bridgehead atoms. The van der Waals surface area contributed by atoms with Crippen LogP contribution in [0.1, 0.15) is 5.56 Å². The summed E-state index contributed by atoms with van der Waals surface area (Å²) >= 11 is 12.0. The predicted octanol–water partition coefficient (Wildman–Crippen LogP) is 5.09. The number of hydrogen-bond donors (Lipinski definition) is 1. The monoisotopic (exact) mass is 278 g/mol. The van der Waals surface area contributed by atoms with Crippen LogP contribution in [-0.2, 0) is 6.54 Å². The van der Waals surface area contributed by atoms with Crippen LogP contribution in [0.5, 0.6) is 0 Å². The lowest BCUT2D eigenvalue weighted by atomic mass is 10.2. The number of benzene rings is 2. The van der Waals surface area contributed by atoms with Crippen molar-refractivity contribution < 1.29 is 0 Å². The first kappa shape index (κ1) is 12.7. The maximum atomic E-state index is 8.70. The Kier molecular flexibility index (Phi) is 4.03. The molecule has 0 heterocycles. The molecular weight excluding hydrogens is 269 g/mol. The zero-order valence-corrected chi connectivity index (χ0v) is 10.9. The Morgan fingerprint density at radius 2 is 1.78 bits per heavy atom. The molecule has 0 saturated carbocycles. The third-order valence-electron chi connectivity index (χ3n) is 2.47. The molecule has 2 aromatic carbocycles. The summed E-state index contributed by atoms with van der Waals surface area (Å²) in [6, 6.07) is 13.1. The van der Waals surface area contributed by atoms with Crippen LogP contribution in [-0.4, -0.2) is 0 Å². The molecule has 0 aliphatic heterocycles. The third-order valence-corrected chi connectivity index (χ3v) is 3.09. The maximum Gasteiger partial charge on any atom is 0.405 e. The van der Waals surface area contributed by atoms with Gasteiger partial charge in [0.15, 0.2) is 4.98 Å².